The molecule has 6 N–H and O–H groups in total. The number of nitrogens with one attached hydrogen (secondary N) is 2. The lowest BCUT2D eigenvalue weighted by atomic mass is 10.0. The van der Waals surface area contributed by atoms with Crippen molar-refractivity contribution >= 4 is 0 Å². The highest BCUT2D eigenvalue weighted by atomic mass is 16.5. The Hall–Kier alpha value is -0.200. The fourth-order valence-corrected chi connectivity index (χ4v) is 0.897. The summed E-state index contributed by atoms with van der Waals surface area (Å²) in [6.45, 7) is 9.24. The average Bonchev–Trinajstić information content (AvgIpc) is 2.14. The van der Waals surface area contributed by atoms with Gasteiger partial charge in [0, 0.05) is 6.54 Å². The topological polar surface area (TPSA) is 85.3 Å². The third-order valence-electron chi connectivity index (χ3n) is 2.44. The highest BCUT2D eigenvalue weighted by Gasteiger charge is 2.25. The van der Waals surface area contributed by atoms with Crippen molar-refractivity contribution in [2.45, 2.75) is 45.3 Å². The van der Waals surface area contributed by atoms with Gasteiger partial charge in [-0.2, -0.15) is 0 Å². The molecule has 0 bridgehead atoms. The predicted octanol–water partition coefficient (Wildman–Crippen LogP) is -0.123. The summed E-state index contributed by atoms with van der Waals surface area (Å²) in [6.07, 6.45) is 0.912. The molecule has 86 valence electrons. The van der Waals surface area contributed by atoms with Crippen LogP contribution in [0.3, 0.4) is 0 Å². The SMILES string of the molecule is CCC(C)(COC(C)(C)CNN)NN. The van der Waals surface area contributed by atoms with Gasteiger partial charge in [0.25, 0.3) is 0 Å². The highest BCUT2D eigenvalue weighted by molar-refractivity contribution is 4.81. The zero-order valence-corrected chi connectivity index (χ0v) is 9.68. The molecule has 0 aromatic heterocycles. The molecule has 0 saturated heterocycles. The van der Waals surface area contributed by atoms with Crippen molar-refractivity contribution < 1.29 is 4.74 Å². The van der Waals surface area contributed by atoms with Crippen LogP contribution < -0.4 is 22.5 Å². The van der Waals surface area contributed by atoms with Crippen molar-refractivity contribution in [1.29, 1.82) is 0 Å². The molecule has 0 spiro atoms. The van der Waals surface area contributed by atoms with E-state index in [0.717, 1.165) is 6.42 Å². The third kappa shape index (κ3) is 4.88. The van der Waals surface area contributed by atoms with Crippen LogP contribution in [0.5, 0.6) is 0 Å². The van der Waals surface area contributed by atoms with Gasteiger partial charge in [0.15, 0.2) is 0 Å². The Morgan fingerprint density at radius 2 is 1.79 bits per heavy atom. The van der Waals surface area contributed by atoms with Crippen LogP contribution in [0.1, 0.15) is 34.1 Å². The van der Waals surface area contributed by atoms with Gasteiger partial charge in [-0.05, 0) is 27.2 Å². The standard InChI is InChI=1S/C9H24N4O/c1-5-9(4,13-11)7-14-8(2,3)6-12-10/h12-13H,5-7,10-11H2,1-4H3. The summed E-state index contributed by atoms with van der Waals surface area (Å²) in [7, 11) is 0. The molecule has 0 aromatic rings. The van der Waals surface area contributed by atoms with Crippen molar-refractivity contribution in [2.75, 3.05) is 13.2 Å². The van der Waals surface area contributed by atoms with E-state index in [0.29, 0.717) is 13.2 Å². The minimum atomic E-state index is -0.276. The van der Waals surface area contributed by atoms with Crippen LogP contribution in [0.2, 0.25) is 0 Å². The third-order valence-corrected chi connectivity index (χ3v) is 2.44. The molecular weight excluding hydrogens is 180 g/mol. The summed E-state index contributed by atoms with van der Waals surface area (Å²) >= 11 is 0. The maximum Gasteiger partial charge on any atom is 0.0765 e. The van der Waals surface area contributed by atoms with E-state index in [4.69, 9.17) is 16.4 Å². The van der Waals surface area contributed by atoms with Crippen LogP contribution in [0.25, 0.3) is 0 Å². The molecule has 0 saturated carbocycles. The van der Waals surface area contributed by atoms with Crippen LogP contribution in [0, 0.1) is 0 Å². The molecule has 0 aliphatic rings. The Bertz CT molecular complexity index is 157. The van der Waals surface area contributed by atoms with Gasteiger partial charge in [0.2, 0.25) is 0 Å². The molecule has 0 aromatic carbocycles. The second kappa shape index (κ2) is 5.63. The lowest BCUT2D eigenvalue weighted by Gasteiger charge is -2.33. The van der Waals surface area contributed by atoms with E-state index in [1.54, 1.807) is 0 Å². The zero-order valence-electron chi connectivity index (χ0n) is 9.68. The number of ether oxygens (including phenoxy) is 1. The fraction of sp³-hybridized carbons (Fsp3) is 1.00. The molecular formula is C9H24N4O. The van der Waals surface area contributed by atoms with Gasteiger partial charge in [0.1, 0.15) is 0 Å². The number of nitrogens with two attached hydrogens (primary N) is 2. The van der Waals surface area contributed by atoms with Gasteiger partial charge >= 0.3 is 0 Å². The van der Waals surface area contributed by atoms with E-state index >= 15 is 0 Å². The van der Waals surface area contributed by atoms with E-state index in [9.17, 15) is 0 Å². The summed E-state index contributed by atoms with van der Waals surface area (Å²) in [5.74, 6) is 10.7. The van der Waals surface area contributed by atoms with Crippen molar-refractivity contribution in [3.05, 3.63) is 0 Å². The van der Waals surface area contributed by atoms with Crippen LogP contribution >= 0.6 is 0 Å². The van der Waals surface area contributed by atoms with Gasteiger partial charge in [-0.1, -0.05) is 6.92 Å². The van der Waals surface area contributed by atoms with Crippen molar-refractivity contribution in [3.8, 4) is 0 Å². The molecule has 1 atom stereocenters. The number of rotatable bonds is 7. The van der Waals surface area contributed by atoms with Gasteiger partial charge in [0.05, 0.1) is 17.7 Å². The lowest BCUT2D eigenvalue weighted by molar-refractivity contribution is -0.0451. The maximum absolute atomic E-state index is 5.73. The van der Waals surface area contributed by atoms with E-state index in [1.165, 1.54) is 0 Å². The molecule has 0 heterocycles. The molecule has 0 radical (unpaired) electrons. The lowest BCUT2D eigenvalue weighted by Crippen LogP contribution is -2.52. The van der Waals surface area contributed by atoms with E-state index in [-0.39, 0.29) is 11.1 Å². The first-order valence-corrected chi connectivity index (χ1v) is 4.94. The molecule has 14 heavy (non-hydrogen) atoms. The Balaban J connectivity index is 4.02. The Morgan fingerprint density at radius 1 is 1.21 bits per heavy atom. The first-order valence-electron chi connectivity index (χ1n) is 4.94. The van der Waals surface area contributed by atoms with Crippen molar-refractivity contribution in [1.82, 2.24) is 10.9 Å². The number of hydrogen-bond donors (Lipinski definition) is 4. The fourth-order valence-electron chi connectivity index (χ4n) is 0.897. The first-order chi connectivity index (χ1) is 6.39. The van der Waals surface area contributed by atoms with Crippen molar-refractivity contribution in [3.63, 3.8) is 0 Å². The molecule has 0 rings (SSSR count). The van der Waals surface area contributed by atoms with E-state index < -0.39 is 0 Å². The molecule has 5 heteroatoms. The highest BCUT2D eigenvalue weighted by Crippen LogP contribution is 2.14. The Morgan fingerprint density at radius 3 is 2.14 bits per heavy atom. The van der Waals surface area contributed by atoms with Gasteiger partial charge in [-0.25, -0.2) is 0 Å². The van der Waals surface area contributed by atoms with Crippen molar-refractivity contribution in [2.24, 2.45) is 11.7 Å². The minimum absolute atomic E-state index is 0.175. The molecule has 0 fully saturated rings. The minimum Gasteiger partial charge on any atom is -0.372 e. The summed E-state index contributed by atoms with van der Waals surface area (Å²) in [6, 6.07) is 0. The van der Waals surface area contributed by atoms with Gasteiger partial charge in [-0.15, -0.1) is 0 Å². The van der Waals surface area contributed by atoms with Gasteiger partial charge in [-0.3, -0.25) is 22.5 Å². The van der Waals surface area contributed by atoms with Crippen LogP contribution in [0.15, 0.2) is 0 Å². The largest absolute Gasteiger partial charge is 0.372 e. The molecule has 1 unspecified atom stereocenters. The number of hydrazine groups is 2. The Kier molecular flexibility index (Phi) is 5.54. The smallest absolute Gasteiger partial charge is 0.0765 e. The normalized spacial score (nSPS) is 16.7. The first kappa shape index (κ1) is 13.8. The van der Waals surface area contributed by atoms with Crippen LogP contribution in [0.4, 0.5) is 0 Å². The van der Waals surface area contributed by atoms with E-state index in [1.807, 2.05) is 20.8 Å². The second-order valence-electron chi connectivity index (χ2n) is 4.49. The molecule has 5 nitrogen and oxygen atoms in total. The molecule has 0 aliphatic heterocycles. The summed E-state index contributed by atoms with van der Waals surface area (Å²) in [4.78, 5) is 0. The summed E-state index contributed by atoms with van der Waals surface area (Å²) in [5.41, 5.74) is 4.92. The molecule has 0 amide bonds. The average molecular weight is 204 g/mol. The van der Waals surface area contributed by atoms with E-state index in [2.05, 4.69) is 17.8 Å². The quantitative estimate of drug-likeness (QED) is 0.343. The maximum atomic E-state index is 5.73. The summed E-state index contributed by atoms with van der Waals surface area (Å²) in [5, 5.41) is 0. The van der Waals surface area contributed by atoms with Crippen LogP contribution in [-0.4, -0.2) is 24.3 Å². The van der Waals surface area contributed by atoms with Gasteiger partial charge < -0.3 is 4.74 Å². The van der Waals surface area contributed by atoms with Crippen LogP contribution in [-0.2, 0) is 4.74 Å². The second-order valence-corrected chi connectivity index (χ2v) is 4.49. The Labute approximate surface area is 86.5 Å². The summed E-state index contributed by atoms with van der Waals surface area (Å²) < 4.78 is 5.73. The molecule has 0 aliphatic carbocycles. The zero-order chi connectivity index (χ0) is 11.2. The monoisotopic (exact) mass is 204 g/mol. The predicted molar refractivity (Wildman–Crippen MR) is 58.2 cm³/mol. The number of hydrogen-bond acceptors (Lipinski definition) is 5.